The predicted octanol–water partition coefficient (Wildman–Crippen LogP) is 7.90. The summed E-state index contributed by atoms with van der Waals surface area (Å²) in [6, 6.07) is 44.6. The molecule has 0 fully saturated rings. The fourth-order valence-electron chi connectivity index (χ4n) is 6.00. The van der Waals surface area contributed by atoms with Crippen molar-refractivity contribution in [3.63, 3.8) is 0 Å². The zero-order valence-electron chi connectivity index (χ0n) is 22.4. The molecule has 8 rings (SSSR count). The Balaban J connectivity index is 1.21. The molecular formula is C36H25N2O2P. The second-order valence-electron chi connectivity index (χ2n) is 10.4. The van der Waals surface area contributed by atoms with Crippen LogP contribution in [0.1, 0.15) is 5.82 Å². The van der Waals surface area contributed by atoms with Gasteiger partial charge in [-0.25, -0.2) is 4.98 Å². The number of nitrogens with zero attached hydrogens (tertiary/aromatic N) is 2. The molecule has 0 bridgehead atoms. The van der Waals surface area contributed by atoms with E-state index >= 15 is 0 Å². The number of imidazole rings is 1. The van der Waals surface area contributed by atoms with Crippen LogP contribution in [0, 0.1) is 6.92 Å². The van der Waals surface area contributed by atoms with Gasteiger partial charge in [-0.15, -0.1) is 0 Å². The monoisotopic (exact) mass is 548 g/mol. The van der Waals surface area contributed by atoms with Crippen molar-refractivity contribution in [2.24, 2.45) is 0 Å². The zero-order valence-corrected chi connectivity index (χ0v) is 23.3. The molecule has 4 nitrogen and oxygen atoms in total. The van der Waals surface area contributed by atoms with Crippen molar-refractivity contribution < 1.29 is 9.30 Å². The lowest BCUT2D eigenvalue weighted by Gasteiger charge is -2.21. The maximum atomic E-state index is 14.8. The molecule has 5 heteroatoms. The molecule has 1 aromatic heterocycles. The first-order valence-corrected chi connectivity index (χ1v) is 15.4. The van der Waals surface area contributed by atoms with Gasteiger partial charge in [0.2, 0.25) is 0 Å². The highest BCUT2D eigenvalue weighted by Gasteiger charge is 2.29. The number of hydrogen-bond acceptors (Lipinski definition) is 3. The van der Waals surface area contributed by atoms with Crippen LogP contribution >= 0.6 is 7.14 Å². The molecule has 0 saturated heterocycles. The molecule has 41 heavy (non-hydrogen) atoms. The van der Waals surface area contributed by atoms with Gasteiger partial charge in [0.15, 0.2) is 18.6 Å². The van der Waals surface area contributed by atoms with Crippen LogP contribution < -0.4 is 20.7 Å². The smallest absolute Gasteiger partial charge is 0.171 e. The van der Waals surface area contributed by atoms with Gasteiger partial charge >= 0.3 is 0 Å². The fraction of sp³-hybridized carbons (Fsp3) is 0.0278. The second-order valence-corrected chi connectivity index (χ2v) is 13.2. The van der Waals surface area contributed by atoms with Gasteiger partial charge in [0.25, 0.3) is 0 Å². The Labute approximate surface area is 237 Å². The highest BCUT2D eigenvalue weighted by atomic mass is 31.2. The second kappa shape index (κ2) is 9.05. The Morgan fingerprint density at radius 3 is 2.02 bits per heavy atom. The molecule has 0 aliphatic carbocycles. The number of benzene rings is 6. The average Bonchev–Trinajstić information content (AvgIpc) is 3.38. The molecule has 7 aromatic rings. The molecule has 0 radical (unpaired) electrons. The van der Waals surface area contributed by atoms with Crippen LogP contribution in [0.15, 0.2) is 133 Å². The molecule has 196 valence electrons. The van der Waals surface area contributed by atoms with E-state index in [1.165, 1.54) is 0 Å². The van der Waals surface area contributed by atoms with Crippen molar-refractivity contribution in [3.8, 4) is 28.3 Å². The number of fused-ring (bicyclic) bond motifs is 3. The highest BCUT2D eigenvalue weighted by molar-refractivity contribution is 7.85. The van der Waals surface area contributed by atoms with Gasteiger partial charge in [0.05, 0.1) is 11.2 Å². The van der Waals surface area contributed by atoms with E-state index in [1.54, 1.807) is 0 Å². The highest BCUT2D eigenvalue weighted by Crippen LogP contribution is 2.44. The summed E-state index contributed by atoms with van der Waals surface area (Å²) < 4.78 is 23.4. The predicted molar refractivity (Wildman–Crippen MR) is 168 cm³/mol. The van der Waals surface area contributed by atoms with E-state index in [4.69, 9.17) is 9.72 Å². The van der Waals surface area contributed by atoms with Gasteiger partial charge in [-0.05, 0) is 65.2 Å². The maximum Gasteiger partial charge on any atom is 0.171 e. The Kier molecular flexibility index (Phi) is 5.28. The largest absolute Gasteiger partial charge is 0.453 e. The minimum Gasteiger partial charge on any atom is -0.453 e. The van der Waals surface area contributed by atoms with E-state index in [2.05, 4.69) is 53.1 Å². The summed E-state index contributed by atoms with van der Waals surface area (Å²) in [4.78, 5) is 4.72. The average molecular weight is 549 g/mol. The molecule has 0 N–H and O–H groups in total. The lowest BCUT2D eigenvalue weighted by atomic mass is 10.0. The van der Waals surface area contributed by atoms with E-state index in [1.807, 2.05) is 91.9 Å². The SMILES string of the molecule is Cc1nc2cccc3c2n1-c1ccc(-c2ccc4cc(P(=O)(c5ccccc5)c5ccccc5)ccc4c2)cc1O3. The van der Waals surface area contributed by atoms with E-state index in [0.717, 1.165) is 71.9 Å². The van der Waals surface area contributed by atoms with E-state index in [0.29, 0.717) is 0 Å². The summed E-state index contributed by atoms with van der Waals surface area (Å²) in [6.45, 7) is 2.03. The Morgan fingerprint density at radius 1 is 0.610 bits per heavy atom. The summed E-state index contributed by atoms with van der Waals surface area (Å²) in [5.74, 6) is 2.57. The summed E-state index contributed by atoms with van der Waals surface area (Å²) in [5, 5.41) is 4.65. The van der Waals surface area contributed by atoms with Gasteiger partial charge in [-0.1, -0.05) is 97.1 Å². The third kappa shape index (κ3) is 3.68. The first-order chi connectivity index (χ1) is 20.1. The molecule has 6 aromatic carbocycles. The van der Waals surface area contributed by atoms with Crippen LogP contribution in [0.5, 0.6) is 11.5 Å². The molecular weight excluding hydrogens is 523 g/mol. The Bertz CT molecular complexity index is 2120. The number of para-hydroxylation sites is 1. The standard InChI is InChI=1S/C36H25N2O2P/c1-24-37-32-13-8-14-34-36(32)38(24)33-20-18-28(23-35(33)40-34)25-15-16-27-22-31(19-17-26(27)21-25)41(39,29-9-4-2-5-10-29)30-11-6-3-7-12-30/h2-23H,1H3. The number of hydrogen-bond donors (Lipinski definition) is 0. The van der Waals surface area contributed by atoms with Crippen LogP contribution in [0.2, 0.25) is 0 Å². The summed E-state index contributed by atoms with van der Waals surface area (Å²) in [6.07, 6.45) is 0. The lowest BCUT2D eigenvalue weighted by molar-refractivity contribution is 0.475. The van der Waals surface area contributed by atoms with Gasteiger partial charge < -0.3 is 9.30 Å². The number of ether oxygens (including phenoxy) is 1. The van der Waals surface area contributed by atoms with Crippen molar-refractivity contribution in [2.45, 2.75) is 6.92 Å². The first-order valence-electron chi connectivity index (χ1n) is 13.7. The minimum atomic E-state index is -3.03. The molecule has 1 aliphatic rings. The van der Waals surface area contributed by atoms with Gasteiger partial charge in [-0.2, -0.15) is 0 Å². The fourth-order valence-corrected chi connectivity index (χ4v) is 8.68. The van der Waals surface area contributed by atoms with E-state index in [-0.39, 0.29) is 0 Å². The van der Waals surface area contributed by atoms with Crippen LogP contribution in [-0.4, -0.2) is 9.55 Å². The minimum absolute atomic E-state index is 0.811. The van der Waals surface area contributed by atoms with Crippen molar-refractivity contribution in [2.75, 3.05) is 0 Å². The van der Waals surface area contributed by atoms with Crippen molar-refractivity contribution in [3.05, 3.63) is 139 Å². The van der Waals surface area contributed by atoms with Gasteiger partial charge in [-0.3, -0.25) is 4.57 Å². The molecule has 0 saturated carbocycles. The first kappa shape index (κ1) is 23.9. The van der Waals surface area contributed by atoms with Crippen LogP contribution in [0.3, 0.4) is 0 Å². The van der Waals surface area contributed by atoms with Crippen molar-refractivity contribution >= 4 is 44.9 Å². The number of aryl methyl sites for hydroxylation is 1. The third-order valence-electron chi connectivity index (χ3n) is 7.99. The van der Waals surface area contributed by atoms with Crippen LogP contribution in [0.4, 0.5) is 0 Å². The van der Waals surface area contributed by atoms with Crippen LogP contribution in [0.25, 0.3) is 38.6 Å². The summed E-state index contributed by atoms with van der Waals surface area (Å²) in [7, 11) is -3.03. The van der Waals surface area contributed by atoms with Crippen LogP contribution in [-0.2, 0) is 4.57 Å². The van der Waals surface area contributed by atoms with Crippen molar-refractivity contribution in [1.82, 2.24) is 9.55 Å². The Morgan fingerprint density at radius 2 is 1.27 bits per heavy atom. The van der Waals surface area contributed by atoms with Gasteiger partial charge in [0, 0.05) is 15.9 Å². The molecule has 2 heterocycles. The Hall–Kier alpha value is -4.92. The molecule has 1 aliphatic heterocycles. The normalized spacial score (nSPS) is 12.3. The number of aromatic nitrogens is 2. The quantitative estimate of drug-likeness (QED) is 0.210. The zero-order chi connectivity index (χ0) is 27.6. The lowest BCUT2D eigenvalue weighted by Crippen LogP contribution is -2.24. The molecule has 0 spiro atoms. The molecule has 0 unspecified atom stereocenters. The maximum absolute atomic E-state index is 14.8. The summed E-state index contributed by atoms with van der Waals surface area (Å²) >= 11 is 0. The number of rotatable bonds is 4. The molecule has 0 amide bonds. The van der Waals surface area contributed by atoms with E-state index < -0.39 is 7.14 Å². The topological polar surface area (TPSA) is 44.1 Å². The third-order valence-corrected chi connectivity index (χ3v) is 11.0. The van der Waals surface area contributed by atoms with E-state index in [9.17, 15) is 4.57 Å². The van der Waals surface area contributed by atoms with Crippen molar-refractivity contribution in [1.29, 1.82) is 0 Å². The molecule has 0 atom stereocenters. The summed E-state index contributed by atoms with van der Waals surface area (Å²) in [5.41, 5.74) is 5.11. The van der Waals surface area contributed by atoms with Gasteiger partial charge in [0.1, 0.15) is 11.3 Å².